The number of para-hydroxylation sites is 1. The number of aromatic nitrogens is 1. The monoisotopic (exact) mass is 493 g/mol. The minimum atomic E-state index is -4.83. The third kappa shape index (κ3) is 5.38. The molecule has 2 aromatic carbocycles. The molecule has 1 aliphatic heterocycles. The smallest absolute Gasteiger partial charge is 0.504 e. The number of amides is 1. The van der Waals surface area contributed by atoms with Crippen molar-refractivity contribution in [1.29, 1.82) is 0 Å². The number of nitrogens with one attached hydrogen (secondary N) is 1. The summed E-state index contributed by atoms with van der Waals surface area (Å²) >= 11 is 0. The van der Waals surface area contributed by atoms with Crippen LogP contribution < -0.4 is 19.7 Å². The van der Waals surface area contributed by atoms with E-state index in [0.29, 0.717) is 5.69 Å². The van der Waals surface area contributed by atoms with E-state index < -0.39 is 30.8 Å². The Morgan fingerprint density at radius 3 is 2.63 bits per heavy atom. The Balaban J connectivity index is 1.57. The van der Waals surface area contributed by atoms with E-state index in [2.05, 4.69) is 15.0 Å². The van der Waals surface area contributed by atoms with Gasteiger partial charge in [0, 0.05) is 17.4 Å². The maximum atomic E-state index is 12.9. The van der Waals surface area contributed by atoms with E-state index in [1.165, 1.54) is 30.5 Å². The number of hydrogen-bond acceptors (Lipinski definition) is 7. The number of aliphatic hydroxyl groups excluding tert-OH is 1. The minimum absolute atomic E-state index is 0.113. The predicted octanol–water partition coefficient (Wildman–Crippen LogP) is 4.47. The van der Waals surface area contributed by atoms with Gasteiger partial charge in [-0.1, -0.05) is 6.07 Å². The van der Waals surface area contributed by atoms with Crippen LogP contribution in [0.25, 0.3) is 0 Å². The van der Waals surface area contributed by atoms with Crippen LogP contribution in [0.2, 0.25) is 0 Å². The third-order valence-electron chi connectivity index (χ3n) is 5.09. The van der Waals surface area contributed by atoms with Crippen LogP contribution in [0.4, 0.5) is 34.8 Å². The second-order valence-corrected chi connectivity index (χ2v) is 7.46. The molecule has 1 unspecified atom stereocenters. The van der Waals surface area contributed by atoms with Gasteiger partial charge in [-0.3, -0.25) is 4.79 Å². The van der Waals surface area contributed by atoms with Crippen LogP contribution in [-0.2, 0) is 0 Å². The van der Waals surface area contributed by atoms with E-state index in [0.717, 1.165) is 12.1 Å². The number of fused-ring (bicyclic) bond motifs is 1. The molecular formula is C23H19F4N3O5. The molecule has 3 N–H and O–H groups in total. The van der Waals surface area contributed by atoms with Crippen molar-refractivity contribution >= 4 is 23.1 Å². The first-order chi connectivity index (χ1) is 16.7. The standard InChI is InChI=1S/C23H19F4N3O5/c24-11-19(32)13-10-18(31)21(28-12-13)30-8-9-34-20-16(2-1-3-17(20)30)22(33)29-14-4-6-15(7-5-14)35-23(25,26)27/h1-7,10,12,19,31-32H,8-9,11H2,(H,29,33). The van der Waals surface area contributed by atoms with Crippen molar-refractivity contribution in [3.8, 4) is 17.2 Å². The number of halogens is 4. The molecular weight excluding hydrogens is 474 g/mol. The summed E-state index contributed by atoms with van der Waals surface area (Å²) < 4.78 is 59.3. The van der Waals surface area contributed by atoms with Crippen LogP contribution in [0.1, 0.15) is 22.0 Å². The Hall–Kier alpha value is -4.06. The molecule has 1 aromatic heterocycles. The zero-order chi connectivity index (χ0) is 25.2. The average Bonchev–Trinajstić information content (AvgIpc) is 2.83. The van der Waals surface area contributed by atoms with Gasteiger partial charge in [0.05, 0.1) is 17.8 Å². The number of carbonyl (C=O) groups is 1. The van der Waals surface area contributed by atoms with E-state index in [1.54, 1.807) is 17.0 Å². The number of nitrogens with zero attached hydrogens (tertiary/aromatic N) is 2. The van der Waals surface area contributed by atoms with Gasteiger partial charge in [-0.15, -0.1) is 13.2 Å². The van der Waals surface area contributed by atoms with Crippen molar-refractivity contribution in [3.05, 3.63) is 65.9 Å². The number of alkyl halides is 4. The molecule has 184 valence electrons. The van der Waals surface area contributed by atoms with Crippen molar-refractivity contribution in [2.45, 2.75) is 12.5 Å². The highest BCUT2D eigenvalue weighted by Crippen LogP contribution is 2.41. The number of hydrogen-bond donors (Lipinski definition) is 3. The number of ether oxygens (including phenoxy) is 2. The SMILES string of the molecule is O=C(Nc1ccc(OC(F)(F)F)cc1)c1cccc2c1OCCN2c1ncc(C(O)CF)cc1O. The number of rotatable bonds is 6. The van der Waals surface area contributed by atoms with Gasteiger partial charge in [-0.25, -0.2) is 9.37 Å². The van der Waals surface area contributed by atoms with Crippen molar-refractivity contribution < 1.29 is 42.0 Å². The molecule has 0 aliphatic carbocycles. The molecule has 4 rings (SSSR count). The molecule has 2 heterocycles. The molecule has 0 saturated carbocycles. The topological polar surface area (TPSA) is 104 Å². The lowest BCUT2D eigenvalue weighted by molar-refractivity contribution is -0.274. The molecule has 0 radical (unpaired) electrons. The van der Waals surface area contributed by atoms with Crippen LogP contribution in [-0.4, -0.2) is 47.3 Å². The summed E-state index contributed by atoms with van der Waals surface area (Å²) in [5, 5.41) is 22.7. The summed E-state index contributed by atoms with van der Waals surface area (Å²) in [7, 11) is 0. The molecule has 0 saturated heterocycles. The highest BCUT2D eigenvalue weighted by molar-refractivity contribution is 6.07. The fourth-order valence-electron chi connectivity index (χ4n) is 3.53. The summed E-state index contributed by atoms with van der Waals surface area (Å²) in [6, 6.07) is 10.6. The quantitative estimate of drug-likeness (QED) is 0.435. The minimum Gasteiger partial charge on any atom is -0.504 e. The highest BCUT2D eigenvalue weighted by Gasteiger charge is 2.31. The summed E-state index contributed by atoms with van der Waals surface area (Å²) in [6.07, 6.45) is -4.99. The predicted molar refractivity (Wildman–Crippen MR) is 117 cm³/mol. The van der Waals surface area contributed by atoms with Crippen molar-refractivity contribution in [2.75, 3.05) is 30.0 Å². The van der Waals surface area contributed by atoms with Crippen molar-refractivity contribution in [3.63, 3.8) is 0 Å². The molecule has 0 bridgehead atoms. The first-order valence-electron chi connectivity index (χ1n) is 10.3. The van der Waals surface area contributed by atoms with Crippen LogP contribution in [0.5, 0.6) is 17.2 Å². The lowest BCUT2D eigenvalue weighted by Crippen LogP contribution is -2.30. The van der Waals surface area contributed by atoms with Crippen LogP contribution in [0.3, 0.4) is 0 Å². The van der Waals surface area contributed by atoms with E-state index in [4.69, 9.17) is 4.74 Å². The van der Waals surface area contributed by atoms with Crippen LogP contribution in [0, 0.1) is 0 Å². The van der Waals surface area contributed by atoms with Gasteiger partial charge in [-0.2, -0.15) is 0 Å². The van der Waals surface area contributed by atoms with Gasteiger partial charge in [0.2, 0.25) is 0 Å². The van der Waals surface area contributed by atoms with Gasteiger partial charge in [0.15, 0.2) is 17.3 Å². The Morgan fingerprint density at radius 2 is 1.97 bits per heavy atom. The maximum Gasteiger partial charge on any atom is 0.573 e. The highest BCUT2D eigenvalue weighted by atomic mass is 19.4. The number of benzene rings is 2. The lowest BCUT2D eigenvalue weighted by Gasteiger charge is -2.31. The Kier molecular flexibility index (Phi) is 6.65. The second-order valence-electron chi connectivity index (χ2n) is 7.46. The summed E-state index contributed by atoms with van der Waals surface area (Å²) in [5.74, 6) is -0.959. The largest absolute Gasteiger partial charge is 0.573 e. The molecule has 8 nitrogen and oxygen atoms in total. The van der Waals surface area contributed by atoms with Gasteiger partial charge in [0.25, 0.3) is 5.91 Å². The van der Waals surface area contributed by atoms with Gasteiger partial charge < -0.3 is 29.9 Å². The summed E-state index contributed by atoms with van der Waals surface area (Å²) in [4.78, 5) is 18.7. The number of anilines is 3. The lowest BCUT2D eigenvalue weighted by atomic mass is 10.1. The molecule has 0 spiro atoms. The molecule has 1 atom stereocenters. The normalized spacial score (nSPS) is 14.0. The summed E-state index contributed by atoms with van der Waals surface area (Å²) in [5.41, 5.74) is 0.921. The fourth-order valence-corrected chi connectivity index (χ4v) is 3.53. The zero-order valence-corrected chi connectivity index (χ0v) is 17.9. The zero-order valence-electron chi connectivity index (χ0n) is 17.9. The van der Waals surface area contributed by atoms with Crippen molar-refractivity contribution in [2.24, 2.45) is 0 Å². The number of pyridine rings is 1. The van der Waals surface area contributed by atoms with Crippen LogP contribution >= 0.6 is 0 Å². The summed E-state index contributed by atoms with van der Waals surface area (Å²) in [6.45, 7) is -0.599. The first kappa shape index (κ1) is 24.1. The molecule has 0 fully saturated rings. The Morgan fingerprint density at radius 1 is 1.23 bits per heavy atom. The van der Waals surface area contributed by atoms with E-state index in [9.17, 15) is 32.6 Å². The first-order valence-corrected chi connectivity index (χ1v) is 10.3. The molecule has 35 heavy (non-hydrogen) atoms. The molecule has 1 aliphatic rings. The Labute approximate surface area is 196 Å². The van der Waals surface area contributed by atoms with Gasteiger partial charge in [0.1, 0.15) is 25.1 Å². The second kappa shape index (κ2) is 9.66. The third-order valence-corrected chi connectivity index (χ3v) is 5.09. The average molecular weight is 493 g/mol. The molecule has 1 amide bonds. The van der Waals surface area contributed by atoms with E-state index in [1.807, 2.05) is 0 Å². The van der Waals surface area contributed by atoms with Crippen molar-refractivity contribution in [1.82, 2.24) is 4.98 Å². The molecule has 3 aromatic rings. The Bertz CT molecular complexity index is 1220. The van der Waals surface area contributed by atoms with Gasteiger partial charge >= 0.3 is 6.36 Å². The van der Waals surface area contributed by atoms with Crippen LogP contribution in [0.15, 0.2) is 54.7 Å². The number of aliphatic hydroxyl groups is 1. The van der Waals surface area contributed by atoms with E-state index >= 15 is 0 Å². The molecule has 12 heteroatoms. The number of aromatic hydroxyl groups is 1. The number of carbonyl (C=O) groups excluding carboxylic acids is 1. The maximum absolute atomic E-state index is 12.9. The van der Waals surface area contributed by atoms with E-state index in [-0.39, 0.29) is 47.3 Å². The fraction of sp³-hybridized carbons (Fsp3) is 0.217. The van der Waals surface area contributed by atoms with Gasteiger partial charge in [-0.05, 0) is 42.5 Å².